The number of aliphatic imine (C=N–C) groups is 1. The molecule has 0 aliphatic carbocycles. The summed E-state index contributed by atoms with van der Waals surface area (Å²) in [5.41, 5.74) is 9.49. The van der Waals surface area contributed by atoms with Gasteiger partial charge in [-0.3, -0.25) is 5.32 Å². The smallest absolute Gasteiger partial charge is 0.136 e. The SMILES string of the molecule is c1ccc(C2NC(c3cc(-c4ccc5ccc6ccccc6c5c4)c4c(c3)oc3ccccc34)=NC(c3cccc(-c4ccc5ccccc5c4)c3)N2)cc1. The topological polar surface area (TPSA) is 49.6 Å². The normalized spacial score (nSPS) is 15.8. The van der Waals surface area contributed by atoms with Crippen LogP contribution in [-0.4, -0.2) is 5.84 Å². The molecule has 11 rings (SSSR count). The number of hydrogen-bond acceptors (Lipinski definition) is 4. The van der Waals surface area contributed by atoms with Crippen LogP contribution in [0.15, 0.2) is 197 Å². The van der Waals surface area contributed by atoms with Gasteiger partial charge in [0.15, 0.2) is 0 Å². The van der Waals surface area contributed by atoms with Crippen LogP contribution in [0.1, 0.15) is 29.0 Å². The monoisotopic (exact) mass is 705 g/mol. The molecule has 0 bridgehead atoms. The average Bonchev–Trinajstić information content (AvgIpc) is 3.64. The molecule has 4 heteroatoms. The predicted octanol–water partition coefficient (Wildman–Crippen LogP) is 12.7. The molecular formula is C51H35N3O. The number of fused-ring (bicyclic) bond motifs is 7. The maximum atomic E-state index is 6.62. The van der Waals surface area contributed by atoms with Crippen molar-refractivity contribution in [3.63, 3.8) is 0 Å². The summed E-state index contributed by atoms with van der Waals surface area (Å²) >= 11 is 0. The molecule has 0 saturated carbocycles. The summed E-state index contributed by atoms with van der Waals surface area (Å²) in [6.45, 7) is 0. The zero-order valence-electron chi connectivity index (χ0n) is 29.9. The maximum absolute atomic E-state index is 6.62. The zero-order chi connectivity index (χ0) is 36.3. The van der Waals surface area contributed by atoms with Gasteiger partial charge >= 0.3 is 0 Å². The first-order valence-electron chi connectivity index (χ1n) is 18.8. The summed E-state index contributed by atoms with van der Waals surface area (Å²) in [4.78, 5) is 5.42. The highest BCUT2D eigenvalue weighted by Crippen LogP contribution is 2.40. The highest BCUT2D eigenvalue weighted by molar-refractivity contribution is 6.17. The van der Waals surface area contributed by atoms with Gasteiger partial charge in [-0.25, -0.2) is 4.99 Å². The van der Waals surface area contributed by atoms with Crippen molar-refractivity contribution in [2.45, 2.75) is 12.3 Å². The van der Waals surface area contributed by atoms with Crippen molar-refractivity contribution in [2.24, 2.45) is 4.99 Å². The molecule has 0 radical (unpaired) electrons. The number of furan rings is 1. The van der Waals surface area contributed by atoms with Crippen LogP contribution in [0.5, 0.6) is 0 Å². The fourth-order valence-electron chi connectivity index (χ4n) is 8.34. The second-order valence-electron chi connectivity index (χ2n) is 14.4. The number of nitrogens with zero attached hydrogens (tertiary/aromatic N) is 1. The highest BCUT2D eigenvalue weighted by Gasteiger charge is 2.27. The first kappa shape index (κ1) is 31.5. The molecule has 4 nitrogen and oxygen atoms in total. The van der Waals surface area contributed by atoms with E-state index in [1.165, 1.54) is 37.9 Å². The number of amidine groups is 1. The van der Waals surface area contributed by atoms with Gasteiger partial charge < -0.3 is 9.73 Å². The first-order chi connectivity index (χ1) is 27.2. The minimum atomic E-state index is -0.302. The molecule has 1 aliphatic heterocycles. The minimum absolute atomic E-state index is 0.176. The largest absolute Gasteiger partial charge is 0.456 e. The van der Waals surface area contributed by atoms with Gasteiger partial charge in [0.25, 0.3) is 0 Å². The van der Waals surface area contributed by atoms with Crippen molar-refractivity contribution < 1.29 is 4.42 Å². The lowest BCUT2D eigenvalue weighted by Gasteiger charge is -2.32. The van der Waals surface area contributed by atoms with E-state index in [0.29, 0.717) is 0 Å². The number of para-hydroxylation sites is 1. The zero-order valence-corrected chi connectivity index (χ0v) is 29.9. The van der Waals surface area contributed by atoms with Crippen LogP contribution in [0, 0.1) is 0 Å². The molecule has 1 aliphatic rings. The fourth-order valence-corrected chi connectivity index (χ4v) is 8.34. The van der Waals surface area contributed by atoms with E-state index in [-0.39, 0.29) is 12.3 Å². The van der Waals surface area contributed by atoms with Crippen molar-refractivity contribution in [1.82, 2.24) is 10.6 Å². The van der Waals surface area contributed by atoms with E-state index in [4.69, 9.17) is 9.41 Å². The number of hydrogen-bond donors (Lipinski definition) is 2. The van der Waals surface area contributed by atoms with Crippen LogP contribution in [-0.2, 0) is 0 Å². The Kier molecular flexibility index (Phi) is 7.35. The van der Waals surface area contributed by atoms with E-state index >= 15 is 0 Å². The second kappa shape index (κ2) is 12.8. The summed E-state index contributed by atoms with van der Waals surface area (Å²) in [7, 11) is 0. The highest BCUT2D eigenvalue weighted by atomic mass is 16.3. The van der Waals surface area contributed by atoms with E-state index in [1.54, 1.807) is 0 Å². The number of rotatable bonds is 5. The van der Waals surface area contributed by atoms with Crippen LogP contribution in [0.25, 0.3) is 76.5 Å². The lowest BCUT2D eigenvalue weighted by Crippen LogP contribution is -2.45. The Labute approximate surface area is 318 Å². The third kappa shape index (κ3) is 5.54. The standard InChI is InChI=1S/C51H35N3O/c1-2-13-35(14-3-1)49-52-50(40-17-10-16-37(28-40)38-25-21-32-11-4-5-15-36(32)27-38)54-51(53-49)41-30-45(48-43-19-8-9-20-46(43)55-47(48)31-41)39-26-24-34-23-22-33-12-6-7-18-42(33)44(34)29-39/h1-31,49-50,52H,(H,53,54). The van der Waals surface area contributed by atoms with Gasteiger partial charge in [-0.05, 0) is 102 Å². The van der Waals surface area contributed by atoms with Crippen LogP contribution in [0.3, 0.4) is 0 Å². The predicted molar refractivity (Wildman–Crippen MR) is 228 cm³/mol. The van der Waals surface area contributed by atoms with E-state index in [0.717, 1.165) is 61.2 Å². The van der Waals surface area contributed by atoms with Gasteiger partial charge in [0, 0.05) is 16.3 Å². The summed E-state index contributed by atoms with van der Waals surface area (Å²) < 4.78 is 6.62. The second-order valence-corrected chi connectivity index (χ2v) is 14.4. The molecule has 55 heavy (non-hydrogen) atoms. The number of nitrogens with one attached hydrogen (secondary N) is 2. The Bertz CT molecular complexity index is 3120. The Morgan fingerprint density at radius 3 is 1.98 bits per heavy atom. The molecule has 10 aromatic rings. The third-order valence-electron chi connectivity index (χ3n) is 11.1. The van der Waals surface area contributed by atoms with Gasteiger partial charge in [-0.1, -0.05) is 152 Å². The Morgan fingerprint density at radius 2 is 1.09 bits per heavy atom. The molecule has 2 N–H and O–H groups in total. The van der Waals surface area contributed by atoms with Gasteiger partial charge in [-0.15, -0.1) is 0 Å². The summed E-state index contributed by atoms with van der Waals surface area (Å²) in [5, 5.41) is 17.2. The fraction of sp³-hybridized carbons (Fsp3) is 0.0392. The molecule has 0 spiro atoms. The third-order valence-corrected chi connectivity index (χ3v) is 11.1. The van der Waals surface area contributed by atoms with E-state index in [9.17, 15) is 0 Å². The van der Waals surface area contributed by atoms with E-state index in [1.807, 2.05) is 6.07 Å². The van der Waals surface area contributed by atoms with Crippen LogP contribution < -0.4 is 10.6 Å². The summed E-state index contributed by atoms with van der Waals surface area (Å²) in [5.74, 6) is 0.809. The summed E-state index contributed by atoms with van der Waals surface area (Å²) in [6.07, 6.45) is -0.478. The van der Waals surface area contributed by atoms with Crippen molar-refractivity contribution >= 4 is 60.1 Å². The molecule has 2 heterocycles. The molecule has 2 atom stereocenters. The van der Waals surface area contributed by atoms with Crippen LogP contribution >= 0.6 is 0 Å². The Hall–Kier alpha value is -7.01. The van der Waals surface area contributed by atoms with Gasteiger partial charge in [0.05, 0.1) is 0 Å². The maximum Gasteiger partial charge on any atom is 0.136 e. The molecular weight excluding hydrogens is 671 g/mol. The van der Waals surface area contributed by atoms with Gasteiger partial charge in [0.2, 0.25) is 0 Å². The Balaban J connectivity index is 1.08. The molecule has 2 unspecified atom stereocenters. The van der Waals surface area contributed by atoms with E-state index in [2.05, 4.69) is 193 Å². The first-order valence-corrected chi connectivity index (χ1v) is 18.8. The lowest BCUT2D eigenvalue weighted by molar-refractivity contribution is 0.409. The summed E-state index contributed by atoms with van der Waals surface area (Å²) in [6, 6.07) is 67.1. The van der Waals surface area contributed by atoms with Crippen molar-refractivity contribution in [1.29, 1.82) is 0 Å². The molecule has 0 amide bonds. The number of benzene rings is 9. The van der Waals surface area contributed by atoms with Crippen molar-refractivity contribution in [3.05, 3.63) is 205 Å². The van der Waals surface area contributed by atoms with Crippen LogP contribution in [0.4, 0.5) is 0 Å². The molecule has 260 valence electrons. The van der Waals surface area contributed by atoms with Gasteiger partial charge in [0.1, 0.15) is 29.3 Å². The average molecular weight is 706 g/mol. The van der Waals surface area contributed by atoms with Crippen molar-refractivity contribution in [3.8, 4) is 22.3 Å². The minimum Gasteiger partial charge on any atom is -0.456 e. The molecule has 0 saturated heterocycles. The molecule has 9 aromatic carbocycles. The van der Waals surface area contributed by atoms with E-state index < -0.39 is 0 Å². The lowest BCUT2D eigenvalue weighted by atomic mass is 9.93. The van der Waals surface area contributed by atoms with Crippen molar-refractivity contribution in [2.75, 3.05) is 0 Å². The quantitative estimate of drug-likeness (QED) is 0.175. The van der Waals surface area contributed by atoms with Gasteiger partial charge in [-0.2, -0.15) is 0 Å². The molecule has 0 fully saturated rings. The Morgan fingerprint density at radius 1 is 0.418 bits per heavy atom. The molecule has 1 aromatic heterocycles. The van der Waals surface area contributed by atoms with Crippen LogP contribution in [0.2, 0.25) is 0 Å².